The summed E-state index contributed by atoms with van der Waals surface area (Å²) >= 11 is -0.801. The predicted molar refractivity (Wildman–Crippen MR) is 127 cm³/mol. The standard InChI is InChI=1S/C21H25.C8H11.2ClH.Zr/c1-20(2,3)16-7-9-18-14(12-16)11-15-13-17(21(4,5)6)8-10-19(15)18;1-7(2)8-5-3-4-6-8;;;/h7-13H,1-6H3;3,5,7H,4H2,1-2H3;2*1H;/q;;;;+2/p-2. The van der Waals surface area contributed by atoms with E-state index in [0.717, 1.165) is 0 Å². The van der Waals surface area contributed by atoms with Crippen LogP contribution in [0.2, 0.25) is 0 Å². The molecule has 0 aromatic heterocycles. The molecule has 0 bridgehead atoms. The Balaban J connectivity index is 0.00000181. The molecule has 0 unspecified atom stereocenters. The molecule has 2 aliphatic rings. The number of hydrogen-bond donors (Lipinski definition) is 0. The molecule has 170 valence electrons. The second kappa shape index (κ2) is 9.94. The maximum atomic E-state index is 2.55. The van der Waals surface area contributed by atoms with Crippen molar-refractivity contribution in [3.05, 3.63) is 79.7 Å². The molecule has 3 heteroatoms. The molecule has 0 radical (unpaired) electrons. The summed E-state index contributed by atoms with van der Waals surface area (Å²) in [5.74, 6) is 0.641. The zero-order chi connectivity index (χ0) is 21.8. The molecule has 0 N–H and O–H groups in total. The van der Waals surface area contributed by atoms with Gasteiger partial charge in [-0.1, -0.05) is 0 Å². The van der Waals surface area contributed by atoms with Crippen LogP contribution in [0.15, 0.2) is 57.4 Å². The third kappa shape index (κ3) is 5.21. The van der Waals surface area contributed by atoms with Gasteiger partial charge in [0.25, 0.3) is 0 Å². The van der Waals surface area contributed by atoms with Crippen LogP contribution < -0.4 is 24.8 Å². The molecule has 0 saturated carbocycles. The van der Waals surface area contributed by atoms with Gasteiger partial charge >= 0.3 is 196 Å². The molecule has 0 fully saturated rings. The van der Waals surface area contributed by atoms with Crippen LogP contribution in [0.3, 0.4) is 0 Å². The number of benzene rings is 2. The van der Waals surface area contributed by atoms with Crippen molar-refractivity contribution >= 4 is 0 Å². The van der Waals surface area contributed by atoms with Crippen molar-refractivity contribution in [1.29, 1.82) is 0 Å². The minimum atomic E-state index is -0.801. The first-order chi connectivity index (χ1) is 14.0. The average molecular weight is 547 g/mol. The predicted octanol–water partition coefficient (Wildman–Crippen LogP) is 2.31. The molecule has 0 amide bonds. The minimum Gasteiger partial charge on any atom is -1.00 e. The quantitative estimate of drug-likeness (QED) is 0.555. The molecular weight excluding hydrogens is 510 g/mol. The number of halogens is 2. The summed E-state index contributed by atoms with van der Waals surface area (Å²) in [7, 11) is 0. The van der Waals surface area contributed by atoms with E-state index >= 15 is 0 Å². The van der Waals surface area contributed by atoms with Crippen molar-refractivity contribution in [3.63, 3.8) is 0 Å². The van der Waals surface area contributed by atoms with Crippen LogP contribution in [0.5, 0.6) is 0 Å². The number of fused-ring (bicyclic) bond motifs is 3. The summed E-state index contributed by atoms with van der Waals surface area (Å²) in [6, 6.07) is 14.7. The molecule has 0 heterocycles. The Morgan fingerprint density at radius 2 is 1.25 bits per heavy atom. The summed E-state index contributed by atoms with van der Waals surface area (Å²) in [6.07, 6.45) is 6.01. The van der Waals surface area contributed by atoms with E-state index in [4.69, 9.17) is 0 Å². The third-order valence-corrected chi connectivity index (χ3v) is 11.0. The Hall–Kier alpha value is -0.617. The van der Waals surface area contributed by atoms with E-state index in [1.165, 1.54) is 28.7 Å². The second-order valence-electron chi connectivity index (χ2n) is 11.4. The molecule has 2 aromatic rings. The molecule has 0 nitrogen and oxygen atoms in total. The Morgan fingerprint density at radius 3 is 1.66 bits per heavy atom. The van der Waals surface area contributed by atoms with Gasteiger partial charge in [-0.15, -0.1) is 0 Å². The van der Waals surface area contributed by atoms with Crippen molar-refractivity contribution < 1.29 is 48.0 Å². The van der Waals surface area contributed by atoms with E-state index in [9.17, 15) is 0 Å². The van der Waals surface area contributed by atoms with Crippen LogP contribution in [0.25, 0.3) is 11.1 Å². The van der Waals surface area contributed by atoms with Gasteiger partial charge < -0.3 is 24.8 Å². The molecule has 0 aliphatic heterocycles. The Labute approximate surface area is 219 Å². The fraction of sp³-hybridized carbons (Fsp3) is 0.448. The van der Waals surface area contributed by atoms with E-state index in [-0.39, 0.29) is 35.6 Å². The summed E-state index contributed by atoms with van der Waals surface area (Å²) in [5, 5.41) is 0. The topological polar surface area (TPSA) is 0 Å². The van der Waals surface area contributed by atoms with Crippen molar-refractivity contribution in [2.24, 2.45) is 5.92 Å². The average Bonchev–Trinajstić information content (AvgIpc) is 3.23. The van der Waals surface area contributed by atoms with Gasteiger partial charge in [-0.3, -0.25) is 0 Å². The van der Waals surface area contributed by atoms with Crippen molar-refractivity contribution in [2.45, 2.75) is 76.3 Å². The second-order valence-corrected chi connectivity index (χ2v) is 15.0. The summed E-state index contributed by atoms with van der Waals surface area (Å²) in [6.45, 7) is 18.7. The minimum absolute atomic E-state index is 0. The first-order valence-electron chi connectivity index (χ1n) is 11.4. The SMILES string of the molecule is CC(C)C1=[C]([Zr+2][CH]2c3cc(C(C)(C)C)ccc3-c3ccc(C(C)(C)C)cc32)CC=C1.[Cl-].[Cl-]. The smallest absolute Gasteiger partial charge is 1.00 e. The summed E-state index contributed by atoms with van der Waals surface area (Å²) in [5.41, 5.74) is 11.1. The van der Waals surface area contributed by atoms with E-state index in [2.05, 4.69) is 104 Å². The van der Waals surface area contributed by atoms with Gasteiger partial charge in [-0.05, 0) is 0 Å². The molecule has 0 saturated heterocycles. The zero-order valence-corrected chi connectivity index (χ0v) is 24.7. The molecule has 0 atom stereocenters. The van der Waals surface area contributed by atoms with Gasteiger partial charge in [-0.25, -0.2) is 0 Å². The fourth-order valence-electron chi connectivity index (χ4n) is 4.73. The Morgan fingerprint density at radius 1 is 0.781 bits per heavy atom. The molecule has 2 aromatic carbocycles. The van der Waals surface area contributed by atoms with Crippen LogP contribution in [-0.4, -0.2) is 0 Å². The van der Waals surface area contributed by atoms with Gasteiger partial charge in [0.15, 0.2) is 0 Å². The Bertz CT molecular complexity index is 982. The van der Waals surface area contributed by atoms with E-state index in [1.54, 1.807) is 20.0 Å². The van der Waals surface area contributed by atoms with Crippen LogP contribution in [-0.2, 0) is 34.1 Å². The van der Waals surface area contributed by atoms with Gasteiger partial charge in [-0.2, -0.15) is 0 Å². The third-order valence-electron chi connectivity index (χ3n) is 6.66. The van der Waals surface area contributed by atoms with E-state index in [1.807, 2.05) is 0 Å². The van der Waals surface area contributed by atoms with Crippen molar-refractivity contribution in [3.8, 4) is 11.1 Å². The maximum Gasteiger partial charge on any atom is -1.00 e. The molecule has 4 rings (SSSR count). The van der Waals surface area contributed by atoms with Gasteiger partial charge in [0, 0.05) is 0 Å². The number of rotatable bonds is 3. The monoisotopic (exact) mass is 544 g/mol. The van der Waals surface area contributed by atoms with E-state index < -0.39 is 23.2 Å². The van der Waals surface area contributed by atoms with E-state index in [0.29, 0.717) is 9.54 Å². The first kappa shape index (κ1) is 27.6. The molecule has 2 aliphatic carbocycles. The first-order valence-corrected chi connectivity index (χ1v) is 14.1. The largest absolute Gasteiger partial charge is 1.00 e. The molecular formula is C29H36Cl2Zr. The Kier molecular flexibility index (Phi) is 8.58. The van der Waals surface area contributed by atoms with Crippen LogP contribution in [0.4, 0.5) is 0 Å². The molecule has 32 heavy (non-hydrogen) atoms. The number of allylic oxidation sites excluding steroid dienone is 4. The summed E-state index contributed by atoms with van der Waals surface area (Å²) < 4.78 is 2.44. The van der Waals surface area contributed by atoms with Crippen LogP contribution in [0, 0.1) is 5.92 Å². The van der Waals surface area contributed by atoms with Crippen LogP contribution >= 0.6 is 0 Å². The van der Waals surface area contributed by atoms with Gasteiger partial charge in [0.2, 0.25) is 0 Å². The van der Waals surface area contributed by atoms with Gasteiger partial charge in [0.05, 0.1) is 0 Å². The zero-order valence-electron chi connectivity index (χ0n) is 20.7. The van der Waals surface area contributed by atoms with Crippen molar-refractivity contribution in [1.82, 2.24) is 0 Å². The summed E-state index contributed by atoms with van der Waals surface area (Å²) in [4.78, 5) is 0. The van der Waals surface area contributed by atoms with Gasteiger partial charge in [0.1, 0.15) is 0 Å². The maximum absolute atomic E-state index is 2.55. The van der Waals surface area contributed by atoms with Crippen LogP contribution in [0.1, 0.15) is 87.7 Å². The molecule has 0 spiro atoms. The fourth-order valence-corrected chi connectivity index (χ4v) is 9.43. The number of hydrogen-bond acceptors (Lipinski definition) is 0. The normalized spacial score (nSPS) is 15.3. The van der Waals surface area contributed by atoms with Crippen molar-refractivity contribution in [2.75, 3.05) is 0 Å².